The van der Waals surface area contributed by atoms with Gasteiger partial charge in [-0.2, -0.15) is 0 Å². The van der Waals surface area contributed by atoms with Crippen molar-refractivity contribution in [3.8, 4) is 46.0 Å². The summed E-state index contributed by atoms with van der Waals surface area (Å²) in [5, 5.41) is 0. The number of hydrogen-bond donors (Lipinski definition) is 0. The number of benzene rings is 4. The summed E-state index contributed by atoms with van der Waals surface area (Å²) >= 11 is 0. The minimum Gasteiger partial charge on any atom is -0.494 e. The first-order chi connectivity index (χ1) is 30.3. The molecular weight excluding hydrogens is 812 g/mol. The molecule has 2 saturated heterocycles. The van der Waals surface area contributed by atoms with E-state index >= 15 is 0 Å². The highest BCUT2D eigenvalue weighted by molar-refractivity contribution is 5.91. The number of aromatic nitrogens is 2. The summed E-state index contributed by atoms with van der Waals surface area (Å²) in [6, 6.07) is 25.6. The molecule has 8 rings (SSSR count). The minimum atomic E-state index is -0.902. The van der Waals surface area contributed by atoms with E-state index in [1.54, 1.807) is 97.1 Å². The van der Waals surface area contributed by atoms with Crippen LogP contribution in [0.15, 0.2) is 118 Å². The number of carbonyl (C=O) groups is 4. The quantitative estimate of drug-likeness (QED) is 0.0334. The molecule has 18 nitrogen and oxygen atoms in total. The molecule has 2 aliphatic heterocycles. The van der Waals surface area contributed by atoms with Crippen molar-refractivity contribution in [2.24, 2.45) is 0 Å². The van der Waals surface area contributed by atoms with Crippen molar-refractivity contribution in [1.29, 1.82) is 0 Å². The zero-order chi connectivity index (χ0) is 42.7. The predicted molar refractivity (Wildman–Crippen MR) is 209 cm³/mol. The van der Waals surface area contributed by atoms with Gasteiger partial charge in [0, 0.05) is 0 Å². The van der Waals surface area contributed by atoms with Crippen LogP contribution in [0.2, 0.25) is 0 Å². The van der Waals surface area contributed by atoms with Crippen molar-refractivity contribution in [3.05, 3.63) is 133 Å². The zero-order valence-electron chi connectivity index (χ0n) is 32.6. The van der Waals surface area contributed by atoms with Gasteiger partial charge < -0.3 is 56.2 Å². The fraction of sp³-hybridized carbons (Fsp3) is 0.227. The van der Waals surface area contributed by atoms with E-state index in [0.29, 0.717) is 75.5 Å². The van der Waals surface area contributed by atoms with E-state index in [1.807, 2.05) is 0 Å². The molecule has 2 fully saturated rings. The fourth-order valence-electron chi connectivity index (χ4n) is 5.25. The van der Waals surface area contributed by atoms with Gasteiger partial charge in [-0.15, -0.1) is 0 Å². The van der Waals surface area contributed by atoms with Crippen molar-refractivity contribution in [3.63, 3.8) is 0 Å². The molecule has 2 aromatic heterocycles. The lowest BCUT2D eigenvalue weighted by Crippen LogP contribution is -2.10. The number of carbonyl (C=O) groups excluding carboxylic acids is 4. The van der Waals surface area contributed by atoms with E-state index in [-0.39, 0.29) is 46.7 Å². The van der Waals surface area contributed by atoms with Crippen molar-refractivity contribution in [2.45, 2.75) is 25.0 Å². The Labute approximate surface area is 352 Å². The fourth-order valence-corrected chi connectivity index (χ4v) is 5.25. The smallest absolute Gasteiger partial charge is 0.400 e. The van der Waals surface area contributed by atoms with E-state index in [4.69, 9.17) is 56.2 Å². The first-order valence-corrected chi connectivity index (χ1v) is 19.2. The molecule has 62 heavy (non-hydrogen) atoms. The molecule has 2 unspecified atom stereocenters. The summed E-state index contributed by atoms with van der Waals surface area (Å²) in [7, 11) is 0. The van der Waals surface area contributed by atoms with Gasteiger partial charge in [0.15, 0.2) is 0 Å². The second-order valence-electron chi connectivity index (χ2n) is 13.4. The molecule has 0 bridgehead atoms. The van der Waals surface area contributed by atoms with Gasteiger partial charge >= 0.3 is 35.7 Å². The molecular formula is C44H36N2O16. The molecule has 4 heterocycles. The van der Waals surface area contributed by atoms with Gasteiger partial charge in [-0.1, -0.05) is 0 Å². The summed E-state index contributed by atoms with van der Waals surface area (Å²) in [4.78, 5) is 57.9. The summed E-state index contributed by atoms with van der Waals surface area (Å²) in [5.41, 5.74) is 0. The summed E-state index contributed by atoms with van der Waals surface area (Å²) < 4.78 is 64.6. The lowest BCUT2D eigenvalue weighted by molar-refractivity contribution is 0.0649. The summed E-state index contributed by atoms with van der Waals surface area (Å²) in [6.45, 7) is 3.07. The molecule has 2 aliphatic rings. The van der Waals surface area contributed by atoms with Gasteiger partial charge in [-0.05, 0) is 110 Å². The number of esters is 4. The number of oxazole rings is 2. The van der Waals surface area contributed by atoms with E-state index in [0.717, 1.165) is 12.4 Å². The number of epoxide rings is 2. The van der Waals surface area contributed by atoms with E-state index in [9.17, 15) is 19.2 Å². The Morgan fingerprint density at radius 1 is 0.435 bits per heavy atom. The van der Waals surface area contributed by atoms with Crippen LogP contribution >= 0.6 is 0 Å². The maximum Gasteiger partial charge on any atom is 0.400 e. The second kappa shape index (κ2) is 19.6. The van der Waals surface area contributed by atoms with Crippen LogP contribution < -0.4 is 37.9 Å². The SMILES string of the molecule is O=C(Oc1ccc(OCC2CO2)cc1)c1cnc(C(=O)Oc2ccc(OCCCCOc3ccc(OC(=O)c4cnc(C(=O)Oc5ccc(OCC6CO6)cc5)o4)cc3)cc2)o1. The van der Waals surface area contributed by atoms with Crippen molar-refractivity contribution < 1.29 is 75.4 Å². The molecule has 6 aromatic rings. The first-order valence-electron chi connectivity index (χ1n) is 19.2. The molecule has 0 spiro atoms. The molecule has 0 saturated carbocycles. The van der Waals surface area contributed by atoms with Crippen LogP contribution in [0.5, 0.6) is 46.0 Å². The van der Waals surface area contributed by atoms with Crippen molar-refractivity contribution in [1.82, 2.24) is 9.97 Å². The third-order valence-corrected chi connectivity index (χ3v) is 8.65. The standard InChI is InChI=1S/C44H36N2O16/c47-41(37-21-46-40(61-37)44(50)60-34-17-9-30(10-18-34)54-24-36-26-56-36)57-31-11-3-27(4-12-31)51-19-1-2-20-52-28-5-13-33(14-6-28)59-43(49)39-45-22-38(62-39)42(48)58-32-15-7-29(8-16-32)53-23-35-25-55-35/h3-18,21-22,35-36H,1-2,19-20,23-26H2. The van der Waals surface area contributed by atoms with Crippen LogP contribution in [0.1, 0.15) is 55.3 Å². The Bertz CT molecular complexity index is 2280. The van der Waals surface area contributed by atoms with Gasteiger partial charge in [0.25, 0.3) is 0 Å². The number of hydrogen-bond acceptors (Lipinski definition) is 18. The van der Waals surface area contributed by atoms with Crippen LogP contribution in [-0.2, 0) is 9.47 Å². The molecule has 0 amide bonds. The van der Waals surface area contributed by atoms with E-state index in [2.05, 4.69) is 9.97 Å². The van der Waals surface area contributed by atoms with E-state index < -0.39 is 35.7 Å². The molecule has 0 N–H and O–H groups in total. The number of rotatable bonds is 21. The highest BCUT2D eigenvalue weighted by Gasteiger charge is 2.25. The average molecular weight is 849 g/mol. The van der Waals surface area contributed by atoms with Gasteiger partial charge in [0.05, 0.1) is 38.8 Å². The average Bonchev–Trinajstić information content (AvgIpc) is 4.20. The second-order valence-corrected chi connectivity index (χ2v) is 13.4. The maximum absolute atomic E-state index is 12.6. The highest BCUT2D eigenvalue weighted by Crippen LogP contribution is 2.24. The molecule has 18 heteroatoms. The van der Waals surface area contributed by atoms with E-state index in [1.165, 1.54) is 0 Å². The van der Waals surface area contributed by atoms with Crippen LogP contribution in [0, 0.1) is 0 Å². The van der Waals surface area contributed by atoms with Gasteiger partial charge in [-0.3, -0.25) is 0 Å². The van der Waals surface area contributed by atoms with Crippen LogP contribution in [-0.4, -0.2) is 85.7 Å². The minimum absolute atomic E-state index is 0.117. The number of ether oxygens (including phenoxy) is 10. The highest BCUT2D eigenvalue weighted by atomic mass is 16.6. The lowest BCUT2D eigenvalue weighted by Gasteiger charge is -2.09. The Kier molecular flexibility index (Phi) is 13.0. The van der Waals surface area contributed by atoms with Crippen molar-refractivity contribution in [2.75, 3.05) is 39.6 Å². The zero-order valence-corrected chi connectivity index (χ0v) is 32.6. The molecule has 2 atom stereocenters. The third-order valence-electron chi connectivity index (χ3n) is 8.65. The topological polar surface area (TPSA) is 219 Å². The normalized spacial score (nSPS) is 14.8. The first kappa shape index (κ1) is 41.1. The Balaban J connectivity index is 0.690. The number of nitrogens with zero attached hydrogens (tertiary/aromatic N) is 2. The largest absolute Gasteiger partial charge is 0.494 e. The van der Waals surface area contributed by atoms with Gasteiger partial charge in [0.1, 0.15) is 71.4 Å². The summed E-state index contributed by atoms with van der Waals surface area (Å²) in [6.07, 6.45) is 3.76. The van der Waals surface area contributed by atoms with Crippen LogP contribution in [0.3, 0.4) is 0 Å². The Morgan fingerprint density at radius 2 is 0.726 bits per heavy atom. The third kappa shape index (κ3) is 12.0. The maximum atomic E-state index is 12.6. The van der Waals surface area contributed by atoms with Crippen LogP contribution in [0.25, 0.3) is 0 Å². The van der Waals surface area contributed by atoms with Gasteiger partial charge in [-0.25, -0.2) is 29.1 Å². The Hall–Kier alpha value is -7.70. The predicted octanol–water partition coefficient (Wildman–Crippen LogP) is 6.33. The van der Waals surface area contributed by atoms with Crippen molar-refractivity contribution >= 4 is 23.9 Å². The molecule has 4 aromatic carbocycles. The monoisotopic (exact) mass is 848 g/mol. The number of unbranched alkanes of at least 4 members (excludes halogenated alkanes) is 1. The van der Waals surface area contributed by atoms with Gasteiger partial charge in [0.2, 0.25) is 11.5 Å². The molecule has 318 valence electrons. The Morgan fingerprint density at radius 3 is 1.05 bits per heavy atom. The lowest BCUT2D eigenvalue weighted by atomic mass is 10.3. The molecule has 0 radical (unpaired) electrons. The van der Waals surface area contributed by atoms with Crippen LogP contribution in [0.4, 0.5) is 0 Å². The molecule has 0 aliphatic carbocycles. The summed E-state index contributed by atoms with van der Waals surface area (Å²) in [5.74, 6) is -1.62.